The minimum atomic E-state index is -0.488. The van der Waals surface area contributed by atoms with E-state index in [2.05, 4.69) is 6.58 Å². The van der Waals surface area contributed by atoms with Crippen LogP contribution in [0.2, 0.25) is 0 Å². The molecule has 1 aromatic carbocycles. The lowest BCUT2D eigenvalue weighted by atomic mass is 10.1. The highest BCUT2D eigenvalue weighted by molar-refractivity contribution is 5.30. The van der Waals surface area contributed by atoms with Crippen LogP contribution in [0.4, 0.5) is 0 Å². The van der Waals surface area contributed by atoms with E-state index in [4.69, 9.17) is 4.74 Å². The van der Waals surface area contributed by atoms with Crippen LogP contribution in [0.5, 0.6) is 5.75 Å². The Bertz CT molecular complexity index is 318. The van der Waals surface area contributed by atoms with E-state index in [0.29, 0.717) is 6.42 Å². The fourth-order valence-electron chi connectivity index (χ4n) is 1.36. The summed E-state index contributed by atoms with van der Waals surface area (Å²) in [5.74, 6) is 0.797. The highest BCUT2D eigenvalue weighted by Gasteiger charge is 2.06. The van der Waals surface area contributed by atoms with E-state index in [9.17, 15) is 5.11 Å². The zero-order chi connectivity index (χ0) is 11.3. The third-order valence-electron chi connectivity index (χ3n) is 2.00. The highest BCUT2D eigenvalue weighted by Crippen LogP contribution is 2.22. The Kier molecular flexibility index (Phi) is 4.37. The first-order valence-electron chi connectivity index (χ1n) is 5.19. The fourth-order valence-corrected chi connectivity index (χ4v) is 1.36. The van der Waals surface area contributed by atoms with E-state index in [1.165, 1.54) is 0 Å². The summed E-state index contributed by atoms with van der Waals surface area (Å²) < 4.78 is 5.55. The molecule has 2 heteroatoms. The third-order valence-corrected chi connectivity index (χ3v) is 2.00. The second kappa shape index (κ2) is 5.56. The van der Waals surface area contributed by atoms with Crippen LogP contribution in [0.3, 0.4) is 0 Å². The van der Waals surface area contributed by atoms with Gasteiger partial charge in [-0.15, -0.1) is 6.58 Å². The van der Waals surface area contributed by atoms with Gasteiger partial charge in [-0.2, -0.15) is 0 Å². The maximum Gasteiger partial charge on any atom is 0.120 e. The van der Waals surface area contributed by atoms with Gasteiger partial charge in [0.25, 0.3) is 0 Å². The number of benzene rings is 1. The number of hydrogen-bond donors (Lipinski definition) is 1. The summed E-state index contributed by atoms with van der Waals surface area (Å²) in [7, 11) is 0. The second-order valence-electron chi connectivity index (χ2n) is 3.78. The quantitative estimate of drug-likeness (QED) is 0.750. The van der Waals surface area contributed by atoms with Crippen molar-refractivity contribution in [2.75, 3.05) is 0 Å². The molecule has 82 valence electrons. The van der Waals surface area contributed by atoms with Gasteiger partial charge < -0.3 is 9.84 Å². The van der Waals surface area contributed by atoms with E-state index in [1.807, 2.05) is 38.1 Å². The minimum Gasteiger partial charge on any atom is -0.491 e. The smallest absolute Gasteiger partial charge is 0.120 e. The van der Waals surface area contributed by atoms with Crippen molar-refractivity contribution in [3.8, 4) is 5.75 Å². The first-order valence-corrected chi connectivity index (χ1v) is 5.19. The second-order valence-corrected chi connectivity index (χ2v) is 3.78. The first kappa shape index (κ1) is 11.8. The molecule has 15 heavy (non-hydrogen) atoms. The monoisotopic (exact) mass is 206 g/mol. The number of aliphatic hydroxyl groups is 1. The highest BCUT2D eigenvalue weighted by atomic mass is 16.5. The molecule has 0 radical (unpaired) electrons. The maximum absolute atomic E-state index is 9.75. The Morgan fingerprint density at radius 3 is 2.80 bits per heavy atom. The Hall–Kier alpha value is -1.28. The van der Waals surface area contributed by atoms with Crippen molar-refractivity contribution in [2.45, 2.75) is 32.5 Å². The molecule has 1 aromatic rings. The van der Waals surface area contributed by atoms with Crippen molar-refractivity contribution >= 4 is 0 Å². The van der Waals surface area contributed by atoms with Crippen molar-refractivity contribution in [1.82, 2.24) is 0 Å². The van der Waals surface area contributed by atoms with Gasteiger partial charge >= 0.3 is 0 Å². The van der Waals surface area contributed by atoms with Crippen molar-refractivity contribution in [3.63, 3.8) is 0 Å². The number of rotatable bonds is 5. The van der Waals surface area contributed by atoms with Gasteiger partial charge in [0, 0.05) is 0 Å². The normalized spacial score (nSPS) is 12.5. The van der Waals surface area contributed by atoms with Crippen LogP contribution in [-0.2, 0) is 0 Å². The lowest BCUT2D eigenvalue weighted by Crippen LogP contribution is -2.06. The molecule has 0 saturated carbocycles. The zero-order valence-electron chi connectivity index (χ0n) is 9.31. The summed E-state index contributed by atoms with van der Waals surface area (Å²) in [6, 6.07) is 7.54. The molecule has 2 nitrogen and oxygen atoms in total. The molecule has 0 aromatic heterocycles. The molecule has 0 amide bonds. The summed E-state index contributed by atoms with van der Waals surface area (Å²) >= 11 is 0. The molecule has 1 atom stereocenters. The van der Waals surface area contributed by atoms with Crippen LogP contribution in [0, 0.1) is 0 Å². The van der Waals surface area contributed by atoms with Crippen LogP contribution in [-0.4, -0.2) is 11.2 Å². The van der Waals surface area contributed by atoms with E-state index in [-0.39, 0.29) is 6.10 Å². The van der Waals surface area contributed by atoms with Gasteiger partial charge in [-0.3, -0.25) is 0 Å². The Morgan fingerprint density at radius 2 is 2.20 bits per heavy atom. The first-order chi connectivity index (χ1) is 7.13. The van der Waals surface area contributed by atoms with E-state index in [0.717, 1.165) is 11.3 Å². The number of ether oxygens (including phenoxy) is 1. The number of hydrogen-bond acceptors (Lipinski definition) is 2. The predicted molar refractivity (Wildman–Crippen MR) is 62.0 cm³/mol. The van der Waals surface area contributed by atoms with Gasteiger partial charge in [-0.25, -0.2) is 0 Å². The Labute approximate surface area is 91.2 Å². The van der Waals surface area contributed by atoms with E-state index in [1.54, 1.807) is 6.08 Å². The fraction of sp³-hybridized carbons (Fsp3) is 0.385. The van der Waals surface area contributed by atoms with Crippen molar-refractivity contribution in [2.24, 2.45) is 0 Å². The lowest BCUT2D eigenvalue weighted by Gasteiger charge is -2.13. The molecule has 0 saturated heterocycles. The van der Waals surface area contributed by atoms with Gasteiger partial charge in [0.2, 0.25) is 0 Å². The Balaban J connectivity index is 2.77. The van der Waals surface area contributed by atoms with Gasteiger partial charge in [0.1, 0.15) is 5.75 Å². The Morgan fingerprint density at radius 1 is 1.47 bits per heavy atom. The average Bonchev–Trinajstić information content (AvgIpc) is 2.17. The molecule has 0 fully saturated rings. The average molecular weight is 206 g/mol. The summed E-state index contributed by atoms with van der Waals surface area (Å²) in [6.07, 6.45) is 1.93. The van der Waals surface area contributed by atoms with Crippen LogP contribution >= 0.6 is 0 Å². The molecule has 0 aliphatic carbocycles. The predicted octanol–water partition coefficient (Wildman–Crippen LogP) is 3.08. The molecule has 0 spiro atoms. The molecule has 0 unspecified atom stereocenters. The van der Waals surface area contributed by atoms with Crippen molar-refractivity contribution < 1.29 is 9.84 Å². The molecular weight excluding hydrogens is 188 g/mol. The van der Waals surface area contributed by atoms with Crippen LogP contribution in [0.25, 0.3) is 0 Å². The van der Waals surface area contributed by atoms with Crippen molar-refractivity contribution in [3.05, 3.63) is 42.5 Å². The summed E-state index contributed by atoms with van der Waals surface area (Å²) in [4.78, 5) is 0. The number of aliphatic hydroxyl groups excluding tert-OH is 1. The standard InChI is InChI=1S/C13H18O2/c1-4-6-13(14)11-7-5-8-12(9-11)15-10(2)3/h4-5,7-10,13-14H,1,6H2,2-3H3/t13-/m0/s1. The SMILES string of the molecule is C=CC[C@H](O)c1cccc(OC(C)C)c1. The largest absolute Gasteiger partial charge is 0.491 e. The maximum atomic E-state index is 9.75. The zero-order valence-corrected chi connectivity index (χ0v) is 9.31. The van der Waals surface area contributed by atoms with E-state index < -0.39 is 6.10 Å². The van der Waals surface area contributed by atoms with Gasteiger partial charge in [0.15, 0.2) is 0 Å². The molecule has 0 heterocycles. The van der Waals surface area contributed by atoms with Crippen LogP contribution < -0.4 is 4.74 Å². The third kappa shape index (κ3) is 3.76. The van der Waals surface area contributed by atoms with Gasteiger partial charge in [-0.05, 0) is 38.0 Å². The minimum absolute atomic E-state index is 0.150. The summed E-state index contributed by atoms with van der Waals surface area (Å²) in [5, 5.41) is 9.75. The van der Waals surface area contributed by atoms with Crippen molar-refractivity contribution in [1.29, 1.82) is 0 Å². The van der Waals surface area contributed by atoms with E-state index >= 15 is 0 Å². The molecule has 0 aliphatic rings. The summed E-state index contributed by atoms with van der Waals surface area (Å²) in [5.41, 5.74) is 0.869. The van der Waals surface area contributed by atoms with Gasteiger partial charge in [0.05, 0.1) is 12.2 Å². The molecule has 0 bridgehead atoms. The molecule has 1 N–H and O–H groups in total. The molecule has 0 aliphatic heterocycles. The lowest BCUT2D eigenvalue weighted by molar-refractivity contribution is 0.180. The van der Waals surface area contributed by atoms with Gasteiger partial charge in [-0.1, -0.05) is 18.2 Å². The van der Waals surface area contributed by atoms with Crippen LogP contribution in [0.1, 0.15) is 31.9 Å². The molecule has 1 rings (SSSR count). The topological polar surface area (TPSA) is 29.5 Å². The summed E-state index contributed by atoms with van der Waals surface area (Å²) in [6.45, 7) is 7.56. The van der Waals surface area contributed by atoms with Crippen LogP contribution in [0.15, 0.2) is 36.9 Å². The molecular formula is C13H18O2.